The molecule has 32 heavy (non-hydrogen) atoms. The van der Waals surface area contributed by atoms with Crippen LogP contribution in [0.4, 0.5) is 14.6 Å². The van der Waals surface area contributed by atoms with Gasteiger partial charge in [-0.25, -0.2) is 18.5 Å². The zero-order valence-corrected chi connectivity index (χ0v) is 17.8. The average molecular weight is 437 g/mol. The van der Waals surface area contributed by atoms with E-state index >= 15 is 0 Å². The van der Waals surface area contributed by atoms with Gasteiger partial charge in [-0.15, -0.1) is 0 Å². The fourth-order valence-corrected chi connectivity index (χ4v) is 3.12. The lowest BCUT2D eigenvalue weighted by molar-refractivity contribution is 0.626. The molecule has 7 nitrogen and oxygen atoms in total. The number of rotatable bonds is 8. The van der Waals surface area contributed by atoms with Crippen molar-refractivity contribution in [2.75, 3.05) is 18.8 Å². The van der Waals surface area contributed by atoms with Crippen LogP contribution in [-0.4, -0.2) is 28.8 Å². The summed E-state index contributed by atoms with van der Waals surface area (Å²) in [6, 6.07) is 14.1. The second-order valence-corrected chi connectivity index (χ2v) is 7.06. The Kier molecular flexibility index (Phi) is 7.75. The first-order chi connectivity index (χ1) is 15.5. The molecule has 0 aliphatic rings. The van der Waals surface area contributed by atoms with Gasteiger partial charge in [0.1, 0.15) is 29.1 Å². The minimum Gasteiger partial charge on any atom is -0.382 e. The molecule has 0 bridgehead atoms. The van der Waals surface area contributed by atoms with E-state index in [4.69, 9.17) is 5.73 Å². The Balaban J connectivity index is 1.60. The van der Waals surface area contributed by atoms with Crippen molar-refractivity contribution in [3.8, 4) is 11.8 Å². The molecule has 1 heterocycles. The fourth-order valence-electron chi connectivity index (χ4n) is 3.12. The van der Waals surface area contributed by atoms with Crippen molar-refractivity contribution in [2.24, 2.45) is 4.99 Å². The molecule has 166 valence electrons. The highest BCUT2D eigenvalue weighted by atomic mass is 19.1. The van der Waals surface area contributed by atoms with E-state index in [1.165, 1.54) is 28.9 Å². The van der Waals surface area contributed by atoms with Crippen molar-refractivity contribution in [2.45, 2.75) is 26.3 Å². The third-order valence-corrected chi connectivity index (χ3v) is 4.74. The molecule has 0 radical (unpaired) electrons. The summed E-state index contributed by atoms with van der Waals surface area (Å²) in [6.07, 6.45) is 1.22. The molecule has 0 fully saturated rings. The summed E-state index contributed by atoms with van der Waals surface area (Å²) in [4.78, 5) is 4.51. The van der Waals surface area contributed by atoms with E-state index in [-0.39, 0.29) is 17.5 Å². The molecule has 0 spiro atoms. The minimum absolute atomic E-state index is 0.233. The van der Waals surface area contributed by atoms with Crippen molar-refractivity contribution in [1.82, 2.24) is 20.4 Å². The number of aliphatic imine (C=N–C) groups is 1. The summed E-state index contributed by atoms with van der Waals surface area (Å²) in [5.74, 6) is 0.246. The van der Waals surface area contributed by atoms with Gasteiger partial charge in [-0.1, -0.05) is 12.1 Å². The van der Waals surface area contributed by atoms with Crippen LogP contribution in [0.5, 0.6) is 0 Å². The van der Waals surface area contributed by atoms with Gasteiger partial charge in [0.15, 0.2) is 5.96 Å². The zero-order valence-electron chi connectivity index (χ0n) is 17.8. The maximum absolute atomic E-state index is 13.2. The molecule has 4 N–H and O–H groups in total. The lowest BCUT2D eigenvalue weighted by Crippen LogP contribution is -2.37. The van der Waals surface area contributed by atoms with Crippen LogP contribution in [0.1, 0.15) is 30.2 Å². The molecule has 0 aliphatic heterocycles. The topological polar surface area (TPSA) is 104 Å². The number of aromatic nitrogens is 2. The van der Waals surface area contributed by atoms with Crippen LogP contribution in [0, 0.1) is 23.0 Å². The molecule has 9 heteroatoms. The number of nitriles is 1. The SMILES string of the molecule is CCNC(=NCc1ccc(F)cc1)NCCCc1nn(-c2ccc(F)cc2)c(N)c1C#N. The monoisotopic (exact) mass is 437 g/mol. The number of guanidine groups is 1. The predicted octanol–water partition coefficient (Wildman–Crippen LogP) is 3.29. The van der Waals surface area contributed by atoms with E-state index in [1.807, 2.05) is 6.92 Å². The molecule has 0 saturated carbocycles. The van der Waals surface area contributed by atoms with E-state index < -0.39 is 0 Å². The highest BCUT2D eigenvalue weighted by molar-refractivity contribution is 5.79. The molecular weight excluding hydrogens is 412 g/mol. The second-order valence-electron chi connectivity index (χ2n) is 7.06. The quantitative estimate of drug-likeness (QED) is 0.285. The van der Waals surface area contributed by atoms with Crippen LogP contribution < -0.4 is 16.4 Å². The van der Waals surface area contributed by atoms with Gasteiger partial charge < -0.3 is 16.4 Å². The van der Waals surface area contributed by atoms with Crippen LogP contribution in [0.2, 0.25) is 0 Å². The van der Waals surface area contributed by atoms with Crippen molar-refractivity contribution in [3.05, 3.63) is 77.0 Å². The normalized spacial score (nSPS) is 11.2. The standard InChI is InChI=1S/C23H25F2N7/c1-2-28-23(30-15-16-5-7-17(24)8-6-16)29-13-3-4-21-20(14-26)22(27)32(31-21)19-11-9-18(25)10-12-19/h5-12H,2-4,13,15,27H2,1H3,(H2,28,29,30). The summed E-state index contributed by atoms with van der Waals surface area (Å²) >= 11 is 0. The Bertz CT molecular complexity index is 1100. The average Bonchev–Trinajstić information content (AvgIpc) is 3.11. The first kappa shape index (κ1) is 22.7. The van der Waals surface area contributed by atoms with Crippen LogP contribution in [-0.2, 0) is 13.0 Å². The van der Waals surface area contributed by atoms with Crippen LogP contribution >= 0.6 is 0 Å². The highest BCUT2D eigenvalue weighted by Gasteiger charge is 2.16. The molecule has 0 aliphatic carbocycles. The molecule has 3 rings (SSSR count). The number of nitrogens with zero attached hydrogens (tertiary/aromatic N) is 4. The number of aryl methyl sites for hydroxylation is 1. The smallest absolute Gasteiger partial charge is 0.191 e. The molecule has 2 aromatic carbocycles. The maximum atomic E-state index is 13.2. The van der Waals surface area contributed by atoms with Crippen molar-refractivity contribution < 1.29 is 8.78 Å². The maximum Gasteiger partial charge on any atom is 0.191 e. The van der Waals surface area contributed by atoms with Crippen LogP contribution in [0.15, 0.2) is 53.5 Å². The first-order valence-corrected chi connectivity index (χ1v) is 10.3. The van der Waals surface area contributed by atoms with Crippen molar-refractivity contribution in [3.63, 3.8) is 0 Å². The van der Waals surface area contributed by atoms with Gasteiger partial charge in [-0.2, -0.15) is 10.4 Å². The summed E-state index contributed by atoms with van der Waals surface area (Å²) in [5.41, 5.74) is 8.51. The highest BCUT2D eigenvalue weighted by Crippen LogP contribution is 2.21. The first-order valence-electron chi connectivity index (χ1n) is 10.3. The Hall–Kier alpha value is -3.93. The number of nitrogens with one attached hydrogen (secondary N) is 2. The summed E-state index contributed by atoms with van der Waals surface area (Å²) in [6.45, 7) is 3.70. The number of hydrogen-bond acceptors (Lipinski definition) is 4. The number of benzene rings is 2. The second kappa shape index (κ2) is 10.9. The molecule has 0 unspecified atom stereocenters. The molecular formula is C23H25F2N7. The Morgan fingerprint density at radius 1 is 1.09 bits per heavy atom. The zero-order chi connectivity index (χ0) is 22.9. The van der Waals surface area contributed by atoms with Gasteiger partial charge in [0.25, 0.3) is 0 Å². The number of nitrogen functional groups attached to an aromatic ring is 1. The van der Waals surface area contributed by atoms with Gasteiger partial charge in [0.2, 0.25) is 0 Å². The molecule has 3 aromatic rings. The lowest BCUT2D eigenvalue weighted by atomic mass is 10.1. The van der Waals surface area contributed by atoms with E-state index in [9.17, 15) is 14.0 Å². The molecule has 1 aromatic heterocycles. The summed E-state index contributed by atoms with van der Waals surface area (Å²) in [7, 11) is 0. The predicted molar refractivity (Wildman–Crippen MR) is 120 cm³/mol. The largest absolute Gasteiger partial charge is 0.382 e. The van der Waals surface area contributed by atoms with Crippen molar-refractivity contribution in [1.29, 1.82) is 5.26 Å². The molecule has 0 saturated heterocycles. The van der Waals surface area contributed by atoms with Gasteiger partial charge >= 0.3 is 0 Å². The number of hydrogen-bond donors (Lipinski definition) is 3. The Morgan fingerprint density at radius 2 is 1.75 bits per heavy atom. The number of anilines is 1. The third kappa shape index (κ3) is 5.82. The van der Waals surface area contributed by atoms with E-state index in [0.717, 1.165) is 5.56 Å². The fraction of sp³-hybridized carbons (Fsp3) is 0.261. The van der Waals surface area contributed by atoms with Crippen LogP contribution in [0.3, 0.4) is 0 Å². The third-order valence-electron chi connectivity index (χ3n) is 4.74. The van der Waals surface area contributed by atoms with E-state index in [1.54, 1.807) is 24.3 Å². The van der Waals surface area contributed by atoms with Gasteiger partial charge in [0, 0.05) is 13.1 Å². The molecule has 0 amide bonds. The molecule has 0 atom stereocenters. The Morgan fingerprint density at radius 3 is 2.38 bits per heavy atom. The van der Waals surface area contributed by atoms with E-state index in [2.05, 4.69) is 26.8 Å². The van der Waals surface area contributed by atoms with Gasteiger partial charge in [0.05, 0.1) is 17.9 Å². The van der Waals surface area contributed by atoms with Gasteiger partial charge in [-0.3, -0.25) is 0 Å². The number of nitrogens with two attached hydrogens (primary N) is 1. The van der Waals surface area contributed by atoms with E-state index in [0.29, 0.717) is 55.4 Å². The Labute approximate surface area is 185 Å². The number of halogens is 2. The summed E-state index contributed by atoms with van der Waals surface area (Å²) in [5, 5.41) is 20.4. The van der Waals surface area contributed by atoms with Crippen LogP contribution in [0.25, 0.3) is 5.69 Å². The minimum atomic E-state index is -0.358. The lowest BCUT2D eigenvalue weighted by Gasteiger charge is -2.11. The van der Waals surface area contributed by atoms with Crippen molar-refractivity contribution >= 4 is 11.8 Å². The van der Waals surface area contributed by atoms with Gasteiger partial charge in [-0.05, 0) is 61.7 Å². The summed E-state index contributed by atoms with van der Waals surface area (Å²) < 4.78 is 27.7.